The standard InChI is InChI=1S/C19H24N4O3.ClH/c1-12-9-22(7-6-20-12)10-13-2-3-15-14(8-13)11-23(19(15)26)16-4-5-17(24)21-18(16)25;/h2-3,8,12,16,20H,4-7,9-11H2,1H3,(H,21,24,25);1H/t12-,16?;/m0./s1. The van der Waals surface area contributed by atoms with E-state index in [4.69, 9.17) is 0 Å². The van der Waals surface area contributed by atoms with Crippen molar-refractivity contribution < 1.29 is 14.4 Å². The van der Waals surface area contributed by atoms with Gasteiger partial charge < -0.3 is 10.2 Å². The number of carbonyl (C=O) groups excluding carboxylic acids is 3. The Morgan fingerprint density at radius 3 is 2.78 bits per heavy atom. The minimum absolute atomic E-state index is 0. The Morgan fingerprint density at radius 1 is 1.22 bits per heavy atom. The fourth-order valence-electron chi connectivity index (χ4n) is 4.14. The lowest BCUT2D eigenvalue weighted by Gasteiger charge is -2.31. The molecule has 4 rings (SSSR count). The molecule has 0 spiro atoms. The summed E-state index contributed by atoms with van der Waals surface area (Å²) in [7, 11) is 0. The number of carbonyl (C=O) groups is 3. The zero-order valence-electron chi connectivity index (χ0n) is 15.4. The summed E-state index contributed by atoms with van der Waals surface area (Å²) >= 11 is 0. The molecule has 2 fully saturated rings. The van der Waals surface area contributed by atoms with E-state index in [9.17, 15) is 14.4 Å². The van der Waals surface area contributed by atoms with Gasteiger partial charge in [-0.2, -0.15) is 0 Å². The molecule has 0 bridgehead atoms. The molecule has 3 heterocycles. The molecule has 2 saturated heterocycles. The molecular formula is C19H25ClN4O3. The molecule has 0 radical (unpaired) electrons. The maximum Gasteiger partial charge on any atom is 0.255 e. The van der Waals surface area contributed by atoms with Crippen LogP contribution in [0.4, 0.5) is 0 Å². The van der Waals surface area contributed by atoms with Gasteiger partial charge in [-0.25, -0.2) is 0 Å². The summed E-state index contributed by atoms with van der Waals surface area (Å²) in [4.78, 5) is 40.2. The number of amides is 3. The van der Waals surface area contributed by atoms with Crippen molar-refractivity contribution in [3.05, 3.63) is 34.9 Å². The molecule has 1 aromatic rings. The molecule has 0 saturated carbocycles. The molecule has 0 aliphatic carbocycles. The Balaban J connectivity index is 0.00000210. The lowest BCUT2D eigenvalue weighted by atomic mass is 10.0. The molecule has 1 aromatic carbocycles. The van der Waals surface area contributed by atoms with Gasteiger partial charge in [0.2, 0.25) is 11.8 Å². The van der Waals surface area contributed by atoms with Crippen molar-refractivity contribution in [1.82, 2.24) is 20.4 Å². The van der Waals surface area contributed by atoms with Crippen LogP contribution >= 0.6 is 12.4 Å². The van der Waals surface area contributed by atoms with Gasteiger partial charge in [-0.15, -0.1) is 12.4 Å². The number of hydrogen-bond acceptors (Lipinski definition) is 5. The predicted octanol–water partition coefficient (Wildman–Crippen LogP) is 0.663. The van der Waals surface area contributed by atoms with E-state index >= 15 is 0 Å². The Morgan fingerprint density at radius 2 is 2.04 bits per heavy atom. The summed E-state index contributed by atoms with van der Waals surface area (Å²) in [5.74, 6) is -0.739. The first-order valence-corrected chi connectivity index (χ1v) is 9.23. The maximum atomic E-state index is 12.7. The highest BCUT2D eigenvalue weighted by atomic mass is 35.5. The summed E-state index contributed by atoms with van der Waals surface area (Å²) in [6.45, 7) is 6.51. The third kappa shape index (κ3) is 4.00. The predicted molar refractivity (Wildman–Crippen MR) is 102 cm³/mol. The van der Waals surface area contributed by atoms with Crippen LogP contribution in [0.1, 0.15) is 41.3 Å². The minimum Gasteiger partial charge on any atom is -0.322 e. The lowest BCUT2D eigenvalue weighted by molar-refractivity contribution is -0.136. The molecule has 1 unspecified atom stereocenters. The average molecular weight is 393 g/mol. The molecule has 3 amide bonds. The van der Waals surface area contributed by atoms with Gasteiger partial charge in [0.05, 0.1) is 0 Å². The van der Waals surface area contributed by atoms with Crippen LogP contribution in [0.2, 0.25) is 0 Å². The minimum atomic E-state index is -0.551. The van der Waals surface area contributed by atoms with Crippen molar-refractivity contribution in [2.75, 3.05) is 19.6 Å². The summed E-state index contributed by atoms with van der Waals surface area (Å²) in [5.41, 5.74) is 2.84. The van der Waals surface area contributed by atoms with E-state index in [-0.39, 0.29) is 36.5 Å². The SMILES string of the molecule is C[C@H]1CN(Cc2ccc3c(c2)CN(C2CCC(=O)NC2=O)C3=O)CCN1.Cl. The van der Waals surface area contributed by atoms with Crippen molar-refractivity contribution in [3.63, 3.8) is 0 Å². The summed E-state index contributed by atoms with van der Waals surface area (Å²) < 4.78 is 0. The first-order chi connectivity index (χ1) is 12.5. The second-order valence-corrected chi connectivity index (χ2v) is 7.48. The number of hydrogen-bond donors (Lipinski definition) is 2. The van der Waals surface area contributed by atoms with E-state index < -0.39 is 6.04 Å². The average Bonchev–Trinajstić information content (AvgIpc) is 2.91. The first-order valence-electron chi connectivity index (χ1n) is 9.23. The molecule has 2 atom stereocenters. The zero-order chi connectivity index (χ0) is 18.3. The summed E-state index contributed by atoms with van der Waals surface area (Å²) in [6.07, 6.45) is 0.679. The van der Waals surface area contributed by atoms with Gasteiger partial charge in [0.15, 0.2) is 0 Å². The zero-order valence-corrected chi connectivity index (χ0v) is 16.2. The van der Waals surface area contributed by atoms with Gasteiger partial charge in [0, 0.05) is 50.7 Å². The van der Waals surface area contributed by atoms with Crippen molar-refractivity contribution >= 4 is 30.1 Å². The monoisotopic (exact) mass is 392 g/mol. The van der Waals surface area contributed by atoms with E-state index in [0.29, 0.717) is 24.6 Å². The van der Waals surface area contributed by atoms with Gasteiger partial charge in [0.25, 0.3) is 5.91 Å². The third-order valence-corrected chi connectivity index (χ3v) is 5.45. The van der Waals surface area contributed by atoms with Crippen molar-refractivity contribution in [3.8, 4) is 0 Å². The van der Waals surface area contributed by atoms with Crippen LogP contribution in [0.25, 0.3) is 0 Å². The van der Waals surface area contributed by atoms with E-state index in [1.54, 1.807) is 4.90 Å². The highest BCUT2D eigenvalue weighted by molar-refractivity contribution is 6.05. The fourth-order valence-corrected chi connectivity index (χ4v) is 4.14. The molecule has 3 aliphatic heterocycles. The molecule has 146 valence electrons. The summed E-state index contributed by atoms with van der Waals surface area (Å²) in [6, 6.07) is 5.92. The molecule has 8 heteroatoms. The van der Waals surface area contributed by atoms with Crippen LogP contribution in [0, 0.1) is 0 Å². The number of halogens is 1. The number of nitrogens with one attached hydrogen (secondary N) is 2. The van der Waals surface area contributed by atoms with Crippen LogP contribution in [-0.2, 0) is 22.7 Å². The Labute approximate surface area is 164 Å². The van der Waals surface area contributed by atoms with Crippen LogP contribution < -0.4 is 10.6 Å². The van der Waals surface area contributed by atoms with Crippen molar-refractivity contribution in [1.29, 1.82) is 0 Å². The first kappa shape index (κ1) is 19.8. The van der Waals surface area contributed by atoms with Gasteiger partial charge in [-0.1, -0.05) is 12.1 Å². The van der Waals surface area contributed by atoms with Crippen molar-refractivity contribution in [2.45, 2.75) is 44.9 Å². The lowest BCUT2D eigenvalue weighted by Crippen LogP contribution is -2.52. The topological polar surface area (TPSA) is 81.8 Å². The largest absolute Gasteiger partial charge is 0.322 e. The Hall–Kier alpha value is -1.96. The maximum absolute atomic E-state index is 12.7. The molecule has 27 heavy (non-hydrogen) atoms. The fraction of sp³-hybridized carbons (Fsp3) is 0.526. The number of nitrogens with zero attached hydrogens (tertiary/aromatic N) is 2. The highest BCUT2D eigenvalue weighted by Crippen LogP contribution is 2.28. The van der Waals surface area contributed by atoms with Gasteiger partial charge in [-0.3, -0.25) is 24.6 Å². The second-order valence-electron chi connectivity index (χ2n) is 7.48. The van der Waals surface area contributed by atoms with Crippen molar-refractivity contribution in [2.24, 2.45) is 0 Å². The van der Waals surface area contributed by atoms with E-state index in [2.05, 4.69) is 28.5 Å². The molecular weight excluding hydrogens is 368 g/mol. The van der Waals surface area contributed by atoms with Crippen LogP contribution in [0.15, 0.2) is 18.2 Å². The number of fused-ring (bicyclic) bond motifs is 1. The smallest absolute Gasteiger partial charge is 0.255 e. The molecule has 3 aliphatic rings. The Bertz CT molecular complexity index is 769. The van der Waals surface area contributed by atoms with E-state index in [0.717, 1.165) is 31.7 Å². The number of benzene rings is 1. The van der Waals surface area contributed by atoms with E-state index in [1.807, 2.05) is 12.1 Å². The van der Waals surface area contributed by atoms with Crippen LogP contribution in [0.5, 0.6) is 0 Å². The molecule has 2 N–H and O–H groups in total. The molecule has 7 nitrogen and oxygen atoms in total. The molecule has 0 aromatic heterocycles. The quantitative estimate of drug-likeness (QED) is 0.739. The number of piperazine rings is 1. The number of imide groups is 1. The number of piperidine rings is 1. The highest BCUT2D eigenvalue weighted by Gasteiger charge is 2.39. The van der Waals surface area contributed by atoms with E-state index in [1.165, 1.54) is 5.56 Å². The number of rotatable bonds is 3. The Kier molecular flexibility index (Phi) is 5.83. The second kappa shape index (κ2) is 7.96. The van der Waals surface area contributed by atoms with Crippen LogP contribution in [0.3, 0.4) is 0 Å². The van der Waals surface area contributed by atoms with Gasteiger partial charge in [0.1, 0.15) is 6.04 Å². The normalized spacial score (nSPS) is 25.8. The van der Waals surface area contributed by atoms with Gasteiger partial charge in [-0.05, 0) is 30.5 Å². The third-order valence-electron chi connectivity index (χ3n) is 5.45. The van der Waals surface area contributed by atoms with Crippen LogP contribution in [-0.4, -0.2) is 59.2 Å². The van der Waals surface area contributed by atoms with Gasteiger partial charge >= 0.3 is 0 Å². The summed E-state index contributed by atoms with van der Waals surface area (Å²) in [5, 5.41) is 5.78.